The lowest BCUT2D eigenvalue weighted by Gasteiger charge is -2.33. The third-order valence-corrected chi connectivity index (χ3v) is 4.43. The van der Waals surface area contributed by atoms with Gasteiger partial charge in [-0.05, 0) is 25.7 Å². The molecule has 0 heterocycles. The van der Waals surface area contributed by atoms with E-state index in [0.717, 1.165) is 25.7 Å². The summed E-state index contributed by atoms with van der Waals surface area (Å²) >= 11 is 0. The predicted octanol–water partition coefficient (Wildman–Crippen LogP) is 5.66. The van der Waals surface area contributed by atoms with Crippen molar-refractivity contribution >= 4 is 0 Å². The van der Waals surface area contributed by atoms with Crippen molar-refractivity contribution in [2.75, 3.05) is 0 Å². The molecule has 1 atom stereocenters. The summed E-state index contributed by atoms with van der Waals surface area (Å²) in [5.41, 5.74) is -0.814. The van der Waals surface area contributed by atoms with Crippen LogP contribution in [0.25, 0.3) is 0 Å². The Morgan fingerprint density at radius 1 is 0.938 bits per heavy atom. The van der Waals surface area contributed by atoms with E-state index in [1.165, 1.54) is 38.5 Å². The molecule has 1 rings (SSSR count). The summed E-state index contributed by atoms with van der Waals surface area (Å²) in [5.74, 6) is 0. The molecule has 0 bridgehead atoms. The Labute approximate surface area is 101 Å². The van der Waals surface area contributed by atoms with E-state index >= 15 is 0 Å². The molecular weight excluding hydrogens is 199 g/mol. The zero-order valence-electron chi connectivity index (χ0n) is 11.4. The van der Waals surface area contributed by atoms with Crippen molar-refractivity contribution in [1.82, 2.24) is 0 Å². The molecular formula is C15H29F. The fourth-order valence-corrected chi connectivity index (χ4v) is 2.80. The molecule has 0 amide bonds. The molecule has 16 heavy (non-hydrogen) atoms. The molecule has 0 aliphatic heterocycles. The van der Waals surface area contributed by atoms with E-state index in [1.54, 1.807) is 0 Å². The van der Waals surface area contributed by atoms with Gasteiger partial charge in [0.25, 0.3) is 0 Å². The number of alkyl halides is 1. The van der Waals surface area contributed by atoms with Gasteiger partial charge in [0.2, 0.25) is 0 Å². The highest BCUT2D eigenvalue weighted by molar-refractivity contribution is 5.06. The third kappa shape index (κ3) is 3.46. The van der Waals surface area contributed by atoms with Crippen LogP contribution in [0.4, 0.5) is 4.39 Å². The van der Waals surface area contributed by atoms with Crippen LogP contribution in [0.15, 0.2) is 0 Å². The molecule has 0 saturated heterocycles. The molecule has 1 aliphatic rings. The Kier molecular flexibility index (Phi) is 5.27. The Bertz CT molecular complexity index is 196. The van der Waals surface area contributed by atoms with Gasteiger partial charge in [-0.15, -0.1) is 0 Å². The van der Waals surface area contributed by atoms with Crippen LogP contribution < -0.4 is 0 Å². The highest BCUT2D eigenvalue weighted by Crippen LogP contribution is 2.58. The molecule has 0 aromatic rings. The van der Waals surface area contributed by atoms with Gasteiger partial charge < -0.3 is 0 Å². The van der Waals surface area contributed by atoms with E-state index in [-0.39, 0.29) is 5.41 Å². The third-order valence-electron chi connectivity index (χ3n) is 4.43. The normalized spacial score (nSPS) is 21.8. The first-order valence-electron chi connectivity index (χ1n) is 7.27. The molecule has 0 spiro atoms. The zero-order valence-corrected chi connectivity index (χ0v) is 11.4. The monoisotopic (exact) mass is 228 g/mol. The van der Waals surface area contributed by atoms with E-state index in [4.69, 9.17) is 0 Å². The van der Waals surface area contributed by atoms with Gasteiger partial charge in [0.1, 0.15) is 5.67 Å². The molecule has 0 aromatic heterocycles. The Morgan fingerprint density at radius 2 is 1.50 bits per heavy atom. The predicted molar refractivity (Wildman–Crippen MR) is 69.5 cm³/mol. The fourth-order valence-electron chi connectivity index (χ4n) is 2.80. The van der Waals surface area contributed by atoms with E-state index in [1.807, 2.05) is 0 Å². The van der Waals surface area contributed by atoms with Crippen molar-refractivity contribution in [3.63, 3.8) is 0 Å². The number of unbranched alkanes of at least 4 members (excludes halogenated alkanes) is 4. The SMILES string of the molecule is CCCCCCC(C)(CCCC)C1(F)CC1. The van der Waals surface area contributed by atoms with Gasteiger partial charge in [-0.25, -0.2) is 4.39 Å². The van der Waals surface area contributed by atoms with Crippen molar-refractivity contribution in [2.45, 2.75) is 90.6 Å². The summed E-state index contributed by atoms with van der Waals surface area (Å²) in [7, 11) is 0. The van der Waals surface area contributed by atoms with Crippen LogP contribution >= 0.6 is 0 Å². The van der Waals surface area contributed by atoms with Crippen LogP contribution in [0.5, 0.6) is 0 Å². The second-order valence-electron chi connectivity index (χ2n) is 5.94. The molecule has 1 heteroatoms. The van der Waals surface area contributed by atoms with Crippen molar-refractivity contribution in [2.24, 2.45) is 5.41 Å². The van der Waals surface area contributed by atoms with Gasteiger partial charge in [0.05, 0.1) is 0 Å². The summed E-state index contributed by atoms with van der Waals surface area (Å²) in [6, 6.07) is 0. The Morgan fingerprint density at radius 3 is 2.00 bits per heavy atom. The number of rotatable bonds is 9. The molecule has 0 aromatic carbocycles. The van der Waals surface area contributed by atoms with Crippen LogP contribution in [0, 0.1) is 5.41 Å². The van der Waals surface area contributed by atoms with E-state index in [2.05, 4.69) is 20.8 Å². The maximum absolute atomic E-state index is 14.4. The summed E-state index contributed by atoms with van der Waals surface area (Å²) in [5, 5.41) is 0. The van der Waals surface area contributed by atoms with E-state index in [0.29, 0.717) is 0 Å². The average molecular weight is 228 g/mol. The van der Waals surface area contributed by atoms with Gasteiger partial charge >= 0.3 is 0 Å². The summed E-state index contributed by atoms with van der Waals surface area (Å²) in [6.45, 7) is 6.63. The maximum atomic E-state index is 14.4. The van der Waals surface area contributed by atoms with E-state index < -0.39 is 5.67 Å². The lowest BCUT2D eigenvalue weighted by atomic mass is 9.74. The smallest absolute Gasteiger partial charge is 0.116 e. The lowest BCUT2D eigenvalue weighted by molar-refractivity contribution is 0.0740. The molecule has 0 nitrogen and oxygen atoms in total. The first kappa shape index (κ1) is 14.0. The van der Waals surface area contributed by atoms with Crippen LogP contribution in [0.2, 0.25) is 0 Å². The van der Waals surface area contributed by atoms with Gasteiger partial charge in [0.15, 0.2) is 0 Å². The molecule has 1 saturated carbocycles. The average Bonchev–Trinajstić information content (AvgIpc) is 3.02. The zero-order chi connectivity index (χ0) is 12.1. The summed E-state index contributed by atoms with van der Waals surface area (Å²) in [4.78, 5) is 0. The van der Waals surface area contributed by atoms with Crippen LogP contribution in [0.1, 0.15) is 85.0 Å². The number of halogens is 1. The molecule has 1 fully saturated rings. The fraction of sp³-hybridized carbons (Fsp3) is 1.00. The number of hydrogen-bond donors (Lipinski definition) is 0. The minimum atomic E-state index is -0.797. The lowest BCUT2D eigenvalue weighted by Crippen LogP contribution is -2.31. The largest absolute Gasteiger partial charge is 0.243 e. The molecule has 0 radical (unpaired) electrons. The molecule has 1 unspecified atom stereocenters. The number of hydrogen-bond acceptors (Lipinski definition) is 0. The van der Waals surface area contributed by atoms with Crippen LogP contribution in [-0.2, 0) is 0 Å². The first-order chi connectivity index (χ1) is 7.58. The second-order valence-corrected chi connectivity index (χ2v) is 5.94. The van der Waals surface area contributed by atoms with Crippen LogP contribution in [0.3, 0.4) is 0 Å². The molecule has 96 valence electrons. The summed E-state index contributed by atoms with van der Waals surface area (Å²) < 4.78 is 14.4. The highest BCUT2D eigenvalue weighted by atomic mass is 19.1. The highest BCUT2D eigenvalue weighted by Gasteiger charge is 2.56. The van der Waals surface area contributed by atoms with E-state index in [9.17, 15) is 4.39 Å². The van der Waals surface area contributed by atoms with Gasteiger partial charge in [-0.3, -0.25) is 0 Å². The quantitative estimate of drug-likeness (QED) is 0.447. The minimum Gasteiger partial charge on any atom is -0.243 e. The topological polar surface area (TPSA) is 0 Å². The van der Waals surface area contributed by atoms with Gasteiger partial charge in [0, 0.05) is 5.41 Å². The van der Waals surface area contributed by atoms with Crippen molar-refractivity contribution < 1.29 is 4.39 Å². The molecule has 1 aliphatic carbocycles. The maximum Gasteiger partial charge on any atom is 0.116 e. The second kappa shape index (κ2) is 6.02. The first-order valence-corrected chi connectivity index (χ1v) is 7.27. The van der Waals surface area contributed by atoms with Crippen molar-refractivity contribution in [1.29, 1.82) is 0 Å². The summed E-state index contributed by atoms with van der Waals surface area (Å²) in [6.07, 6.45) is 11.3. The standard InChI is InChI=1S/C15H29F/c1-4-6-8-9-11-14(3,10-7-5-2)15(16)12-13-15/h4-13H2,1-3H3. The van der Waals surface area contributed by atoms with Crippen molar-refractivity contribution in [3.8, 4) is 0 Å². The minimum absolute atomic E-state index is 0.0171. The Balaban J connectivity index is 2.38. The molecule has 0 N–H and O–H groups in total. The van der Waals surface area contributed by atoms with Gasteiger partial charge in [-0.1, -0.05) is 59.3 Å². The van der Waals surface area contributed by atoms with Crippen molar-refractivity contribution in [3.05, 3.63) is 0 Å². The van der Waals surface area contributed by atoms with Gasteiger partial charge in [-0.2, -0.15) is 0 Å². The van der Waals surface area contributed by atoms with Crippen LogP contribution in [-0.4, -0.2) is 5.67 Å². The Hall–Kier alpha value is -0.0700.